The lowest BCUT2D eigenvalue weighted by Gasteiger charge is -2.14. The number of rotatable bonds is 4. The zero-order valence-corrected chi connectivity index (χ0v) is 12.3. The van der Waals surface area contributed by atoms with E-state index in [-0.39, 0.29) is 6.54 Å². The van der Waals surface area contributed by atoms with E-state index in [1.807, 2.05) is 35.1 Å². The van der Waals surface area contributed by atoms with Crippen molar-refractivity contribution in [2.75, 3.05) is 0 Å². The normalized spacial score (nSPS) is 16.0. The van der Waals surface area contributed by atoms with Gasteiger partial charge in [0.15, 0.2) is 0 Å². The number of hydrogen-bond donors (Lipinski definition) is 2. The van der Waals surface area contributed by atoms with Crippen molar-refractivity contribution < 1.29 is 18.3 Å². The minimum atomic E-state index is -3.71. The number of aliphatic hydroxyl groups excluding tert-OH is 1. The Hall–Kier alpha value is -2.67. The van der Waals surface area contributed by atoms with Gasteiger partial charge in [-0.1, -0.05) is 30.3 Å². The third-order valence-corrected chi connectivity index (χ3v) is 4.34. The lowest BCUT2D eigenvalue weighted by Crippen LogP contribution is -2.29. The largest absolute Gasteiger partial charge is 0.493 e. The van der Waals surface area contributed by atoms with Crippen molar-refractivity contribution in [1.82, 2.24) is 9.03 Å². The molecular formula is C15H14N2O4S. The molecule has 0 bridgehead atoms. The van der Waals surface area contributed by atoms with Crippen LogP contribution in [-0.4, -0.2) is 17.8 Å². The van der Waals surface area contributed by atoms with E-state index in [4.69, 9.17) is 4.74 Å². The number of benzene rings is 2. The van der Waals surface area contributed by atoms with Crippen molar-refractivity contribution in [3.05, 3.63) is 72.2 Å². The number of ether oxygens (including phenoxy) is 1. The monoisotopic (exact) mass is 318 g/mol. The van der Waals surface area contributed by atoms with Crippen LogP contribution in [0.2, 0.25) is 0 Å². The van der Waals surface area contributed by atoms with Crippen molar-refractivity contribution in [1.29, 1.82) is 0 Å². The van der Waals surface area contributed by atoms with Gasteiger partial charge in [-0.15, -0.1) is 0 Å². The Bertz CT molecular complexity index is 803. The molecule has 2 N–H and O–H groups in total. The van der Waals surface area contributed by atoms with E-state index >= 15 is 0 Å². The molecule has 0 aromatic heterocycles. The molecule has 0 spiro atoms. The first kappa shape index (κ1) is 14.3. The van der Waals surface area contributed by atoms with Gasteiger partial charge in [0.25, 0.3) is 0 Å². The van der Waals surface area contributed by atoms with Gasteiger partial charge in [0.2, 0.25) is 5.88 Å². The molecule has 7 heteroatoms. The van der Waals surface area contributed by atoms with Crippen LogP contribution in [0.5, 0.6) is 11.5 Å². The number of nitrogens with one attached hydrogen (secondary N) is 1. The summed E-state index contributed by atoms with van der Waals surface area (Å²) in [6, 6.07) is 16.4. The van der Waals surface area contributed by atoms with Crippen molar-refractivity contribution in [3.63, 3.8) is 0 Å². The molecule has 0 saturated heterocycles. The minimum absolute atomic E-state index is 0.103. The summed E-state index contributed by atoms with van der Waals surface area (Å²) >= 11 is 0. The molecule has 0 saturated carbocycles. The van der Waals surface area contributed by atoms with Crippen LogP contribution in [0.3, 0.4) is 0 Å². The molecule has 0 amide bonds. The van der Waals surface area contributed by atoms with E-state index in [2.05, 4.69) is 0 Å². The van der Waals surface area contributed by atoms with Crippen molar-refractivity contribution in [2.24, 2.45) is 0 Å². The maximum Gasteiger partial charge on any atom is 0.326 e. The van der Waals surface area contributed by atoms with E-state index in [0.29, 0.717) is 11.5 Å². The number of nitrogens with zero attached hydrogens (tertiary/aromatic N) is 1. The second-order valence-electron chi connectivity index (χ2n) is 4.73. The molecule has 3 rings (SSSR count). The van der Waals surface area contributed by atoms with Crippen LogP contribution in [0.4, 0.5) is 0 Å². The van der Waals surface area contributed by atoms with Crippen LogP contribution in [0.1, 0.15) is 5.56 Å². The highest BCUT2D eigenvalue weighted by Gasteiger charge is 2.27. The SMILES string of the molecule is O=S1(=O)NC(O)=CN1Cc1cccc(Oc2ccccc2)c1. The minimum Gasteiger partial charge on any atom is -0.493 e. The summed E-state index contributed by atoms with van der Waals surface area (Å²) in [5, 5.41) is 9.27. The summed E-state index contributed by atoms with van der Waals surface area (Å²) in [7, 11) is -3.71. The zero-order valence-electron chi connectivity index (χ0n) is 11.5. The molecule has 1 aliphatic heterocycles. The highest BCUT2D eigenvalue weighted by Crippen LogP contribution is 2.23. The Kier molecular flexibility index (Phi) is 3.64. The first-order valence-corrected chi connectivity index (χ1v) is 7.99. The molecule has 2 aromatic rings. The molecule has 114 valence electrons. The average Bonchev–Trinajstić information content (AvgIpc) is 2.72. The second kappa shape index (κ2) is 5.61. The summed E-state index contributed by atoms with van der Waals surface area (Å²) in [5.41, 5.74) is 0.741. The van der Waals surface area contributed by atoms with Gasteiger partial charge in [0.1, 0.15) is 11.5 Å². The molecule has 0 fully saturated rings. The van der Waals surface area contributed by atoms with Crippen molar-refractivity contribution in [3.8, 4) is 11.5 Å². The molecule has 6 nitrogen and oxygen atoms in total. The lowest BCUT2D eigenvalue weighted by molar-refractivity contribution is 0.390. The molecule has 1 aliphatic rings. The smallest absolute Gasteiger partial charge is 0.326 e. The van der Waals surface area contributed by atoms with Crippen LogP contribution in [0.15, 0.2) is 66.7 Å². The van der Waals surface area contributed by atoms with Gasteiger partial charge in [-0.05, 0) is 29.8 Å². The maximum absolute atomic E-state index is 11.7. The predicted octanol–water partition coefficient (Wildman–Crippen LogP) is 2.49. The van der Waals surface area contributed by atoms with E-state index in [9.17, 15) is 13.5 Å². The highest BCUT2D eigenvalue weighted by molar-refractivity contribution is 7.87. The number of para-hydroxylation sites is 1. The summed E-state index contributed by atoms with van der Waals surface area (Å²) in [6.45, 7) is 0.103. The van der Waals surface area contributed by atoms with Gasteiger partial charge < -0.3 is 9.84 Å². The molecule has 0 atom stereocenters. The van der Waals surface area contributed by atoms with Crippen LogP contribution < -0.4 is 9.46 Å². The highest BCUT2D eigenvalue weighted by atomic mass is 32.2. The fourth-order valence-corrected chi connectivity index (χ4v) is 3.06. The van der Waals surface area contributed by atoms with E-state index < -0.39 is 16.1 Å². The predicted molar refractivity (Wildman–Crippen MR) is 81.3 cm³/mol. The summed E-state index contributed by atoms with van der Waals surface area (Å²) in [4.78, 5) is 0. The van der Waals surface area contributed by atoms with Gasteiger partial charge >= 0.3 is 10.2 Å². The Labute approximate surface area is 128 Å². The first-order valence-electron chi connectivity index (χ1n) is 6.55. The topological polar surface area (TPSA) is 78.9 Å². The standard InChI is InChI=1S/C15H14N2O4S/c18-15-11-17(22(19,20)16-15)10-12-5-4-8-14(9-12)21-13-6-2-1-3-7-13/h1-9,11,16,18H,10H2. The van der Waals surface area contributed by atoms with Crippen molar-refractivity contribution in [2.45, 2.75) is 6.54 Å². The zero-order chi connectivity index (χ0) is 15.6. The van der Waals surface area contributed by atoms with Gasteiger partial charge in [0, 0.05) is 0 Å². The van der Waals surface area contributed by atoms with Gasteiger partial charge in [-0.2, -0.15) is 8.42 Å². The summed E-state index contributed by atoms with van der Waals surface area (Å²) in [5.74, 6) is 0.922. The maximum atomic E-state index is 11.7. The Morgan fingerprint density at radius 3 is 2.45 bits per heavy atom. The molecule has 2 aromatic carbocycles. The summed E-state index contributed by atoms with van der Waals surface area (Å²) in [6.07, 6.45) is 1.14. The molecule has 1 heterocycles. The third kappa shape index (κ3) is 3.15. The van der Waals surface area contributed by atoms with Crippen molar-refractivity contribution >= 4 is 10.2 Å². The van der Waals surface area contributed by atoms with Crippen LogP contribution in [0.25, 0.3) is 0 Å². The average molecular weight is 318 g/mol. The fraction of sp³-hybridized carbons (Fsp3) is 0.0667. The molecule has 0 radical (unpaired) electrons. The molecular weight excluding hydrogens is 304 g/mol. The molecule has 0 aliphatic carbocycles. The van der Waals surface area contributed by atoms with Crippen LogP contribution in [0, 0.1) is 0 Å². The Balaban J connectivity index is 1.77. The summed E-state index contributed by atoms with van der Waals surface area (Å²) < 4.78 is 32.2. The Morgan fingerprint density at radius 2 is 1.77 bits per heavy atom. The van der Waals surface area contributed by atoms with Crippen LogP contribution >= 0.6 is 0 Å². The third-order valence-electron chi connectivity index (χ3n) is 3.02. The van der Waals surface area contributed by atoms with E-state index in [1.54, 1.807) is 24.3 Å². The second-order valence-corrected chi connectivity index (χ2v) is 6.35. The van der Waals surface area contributed by atoms with E-state index in [1.165, 1.54) is 0 Å². The quantitative estimate of drug-likeness (QED) is 0.908. The van der Waals surface area contributed by atoms with Gasteiger partial charge in [-0.3, -0.25) is 4.31 Å². The van der Waals surface area contributed by atoms with Gasteiger partial charge in [-0.25, -0.2) is 4.72 Å². The molecule has 0 unspecified atom stereocenters. The lowest BCUT2D eigenvalue weighted by atomic mass is 10.2. The Morgan fingerprint density at radius 1 is 1.05 bits per heavy atom. The van der Waals surface area contributed by atoms with E-state index in [0.717, 1.165) is 16.1 Å². The first-order chi connectivity index (χ1) is 10.5. The number of aliphatic hydroxyl groups is 1. The number of hydrogen-bond acceptors (Lipinski definition) is 4. The van der Waals surface area contributed by atoms with Gasteiger partial charge in [0.05, 0.1) is 12.7 Å². The molecule has 22 heavy (non-hydrogen) atoms. The fourth-order valence-electron chi connectivity index (χ4n) is 2.07. The van der Waals surface area contributed by atoms with Crippen LogP contribution in [-0.2, 0) is 16.8 Å².